The molecule has 0 bridgehead atoms. The molecule has 0 saturated heterocycles. The Kier molecular flexibility index (Phi) is 7.83. The lowest BCUT2D eigenvalue weighted by atomic mass is 10.2. The summed E-state index contributed by atoms with van der Waals surface area (Å²) in [5.74, 6) is 0.872. The molecular weight excluding hydrogens is 519 g/mol. The average Bonchev–Trinajstić information content (AvgIpc) is 3.52. The standard InChI is InChI=1S/C24H27FN6O4S2/c1-14(2)17-12-36-24(28-17)23-30-29-21(31(23)22-18(34-4)7-6-8-19(22)35-5)13-37(32,33)15(3)9-20-26-10-16(25)11-27-20/h6-8,10-12,14-15H,9,13H2,1-5H3/t15-/m1/s1. The number of para-hydroxylation sites is 1. The van der Waals surface area contributed by atoms with Crippen LogP contribution in [0.3, 0.4) is 0 Å². The van der Waals surface area contributed by atoms with Crippen LogP contribution in [0.4, 0.5) is 4.39 Å². The molecule has 0 spiro atoms. The molecular formula is C24H27FN6O4S2. The lowest BCUT2D eigenvalue weighted by Crippen LogP contribution is -2.24. The summed E-state index contributed by atoms with van der Waals surface area (Å²) < 4.78 is 52.8. The Hall–Kier alpha value is -3.45. The van der Waals surface area contributed by atoms with Crippen molar-refractivity contribution in [1.82, 2.24) is 29.7 Å². The first-order chi connectivity index (χ1) is 17.6. The van der Waals surface area contributed by atoms with E-state index in [1.54, 1.807) is 29.7 Å². The van der Waals surface area contributed by atoms with Crippen LogP contribution in [-0.2, 0) is 22.0 Å². The number of benzene rings is 1. The predicted octanol–water partition coefficient (Wildman–Crippen LogP) is 4.01. The number of ether oxygens (including phenoxy) is 2. The van der Waals surface area contributed by atoms with Crippen LogP contribution in [0.25, 0.3) is 16.5 Å². The highest BCUT2D eigenvalue weighted by Gasteiger charge is 2.30. The predicted molar refractivity (Wildman–Crippen MR) is 137 cm³/mol. The van der Waals surface area contributed by atoms with Gasteiger partial charge in [0, 0.05) is 11.8 Å². The molecule has 1 atom stereocenters. The number of aromatic nitrogens is 6. The van der Waals surface area contributed by atoms with Gasteiger partial charge in [-0.1, -0.05) is 19.9 Å². The van der Waals surface area contributed by atoms with Gasteiger partial charge < -0.3 is 9.47 Å². The summed E-state index contributed by atoms with van der Waals surface area (Å²) in [7, 11) is -0.729. The largest absolute Gasteiger partial charge is 0.494 e. The fourth-order valence-electron chi connectivity index (χ4n) is 3.64. The fourth-order valence-corrected chi connectivity index (χ4v) is 5.83. The van der Waals surface area contributed by atoms with Crippen molar-refractivity contribution in [1.29, 1.82) is 0 Å². The number of hydrogen-bond acceptors (Lipinski definition) is 10. The van der Waals surface area contributed by atoms with Gasteiger partial charge in [-0.3, -0.25) is 4.57 Å². The molecule has 37 heavy (non-hydrogen) atoms. The smallest absolute Gasteiger partial charge is 0.197 e. The van der Waals surface area contributed by atoms with Crippen molar-refractivity contribution in [3.05, 3.63) is 59.1 Å². The zero-order chi connectivity index (χ0) is 26.7. The Labute approximate surface area is 218 Å². The van der Waals surface area contributed by atoms with Gasteiger partial charge in [-0.05, 0) is 25.0 Å². The molecule has 4 aromatic rings. The summed E-state index contributed by atoms with van der Waals surface area (Å²) in [5.41, 5.74) is 1.36. The summed E-state index contributed by atoms with van der Waals surface area (Å²) >= 11 is 1.39. The SMILES string of the molecule is COc1cccc(OC)c1-n1c(CS(=O)(=O)[C@H](C)Cc2ncc(F)cn2)nnc1-c1nc(C(C)C)cs1. The number of rotatable bonds is 10. The highest BCUT2D eigenvalue weighted by molar-refractivity contribution is 7.91. The number of hydrogen-bond donors (Lipinski definition) is 0. The van der Waals surface area contributed by atoms with Gasteiger partial charge in [0.2, 0.25) is 0 Å². The van der Waals surface area contributed by atoms with Gasteiger partial charge in [0.25, 0.3) is 0 Å². The van der Waals surface area contributed by atoms with Crippen molar-refractivity contribution < 1.29 is 22.3 Å². The quantitative estimate of drug-likeness (QED) is 0.290. The van der Waals surface area contributed by atoms with Gasteiger partial charge >= 0.3 is 0 Å². The molecule has 0 N–H and O–H groups in total. The molecule has 10 nitrogen and oxygen atoms in total. The second kappa shape index (κ2) is 10.9. The van der Waals surface area contributed by atoms with E-state index in [1.807, 2.05) is 19.2 Å². The molecule has 0 unspecified atom stereocenters. The second-order valence-corrected chi connectivity index (χ2v) is 11.9. The Bertz CT molecular complexity index is 1460. The molecule has 0 aliphatic heterocycles. The zero-order valence-corrected chi connectivity index (χ0v) is 22.7. The van der Waals surface area contributed by atoms with Crippen molar-refractivity contribution in [2.75, 3.05) is 14.2 Å². The van der Waals surface area contributed by atoms with E-state index in [0.29, 0.717) is 28.0 Å². The number of sulfone groups is 1. The van der Waals surface area contributed by atoms with Gasteiger partial charge in [-0.2, -0.15) is 0 Å². The van der Waals surface area contributed by atoms with E-state index in [-0.39, 0.29) is 24.0 Å². The minimum absolute atomic E-state index is 0.0197. The average molecular weight is 547 g/mol. The summed E-state index contributed by atoms with van der Waals surface area (Å²) in [5, 5.41) is 10.3. The van der Waals surface area contributed by atoms with Crippen molar-refractivity contribution >= 4 is 21.2 Å². The van der Waals surface area contributed by atoms with Crippen molar-refractivity contribution in [3.8, 4) is 28.0 Å². The summed E-state index contributed by atoms with van der Waals surface area (Å²) in [6.45, 7) is 5.64. The van der Waals surface area contributed by atoms with Crippen LogP contribution >= 0.6 is 11.3 Å². The van der Waals surface area contributed by atoms with E-state index >= 15 is 0 Å². The van der Waals surface area contributed by atoms with Crippen LogP contribution in [-0.4, -0.2) is 57.6 Å². The van der Waals surface area contributed by atoms with E-state index in [9.17, 15) is 12.8 Å². The molecule has 1 aromatic carbocycles. The molecule has 3 aromatic heterocycles. The number of methoxy groups -OCH3 is 2. The minimum Gasteiger partial charge on any atom is -0.494 e. The highest BCUT2D eigenvalue weighted by atomic mass is 32.2. The monoisotopic (exact) mass is 546 g/mol. The molecule has 4 rings (SSSR count). The molecule has 0 radical (unpaired) electrons. The first-order valence-corrected chi connectivity index (χ1v) is 14.0. The Morgan fingerprint density at radius 2 is 1.70 bits per heavy atom. The van der Waals surface area contributed by atoms with Crippen molar-refractivity contribution in [3.63, 3.8) is 0 Å². The second-order valence-electron chi connectivity index (χ2n) is 8.66. The van der Waals surface area contributed by atoms with Crippen LogP contribution in [0.5, 0.6) is 11.5 Å². The van der Waals surface area contributed by atoms with Gasteiger partial charge in [0.15, 0.2) is 32.3 Å². The lowest BCUT2D eigenvalue weighted by Gasteiger charge is -2.17. The Morgan fingerprint density at radius 3 is 2.27 bits per heavy atom. The fraction of sp³-hybridized carbons (Fsp3) is 0.375. The van der Waals surface area contributed by atoms with Gasteiger partial charge in [-0.25, -0.2) is 27.8 Å². The third-order valence-electron chi connectivity index (χ3n) is 5.75. The maximum Gasteiger partial charge on any atom is 0.197 e. The van der Waals surface area contributed by atoms with E-state index < -0.39 is 26.7 Å². The molecule has 0 fully saturated rings. The minimum atomic E-state index is -3.76. The van der Waals surface area contributed by atoms with Crippen LogP contribution in [0.15, 0.2) is 36.0 Å². The summed E-state index contributed by atoms with van der Waals surface area (Å²) in [6, 6.07) is 5.26. The van der Waals surface area contributed by atoms with Crippen LogP contribution in [0, 0.1) is 5.82 Å². The van der Waals surface area contributed by atoms with E-state index in [0.717, 1.165) is 18.1 Å². The first-order valence-electron chi connectivity index (χ1n) is 11.4. The topological polar surface area (TPSA) is 122 Å². The third-order valence-corrected chi connectivity index (χ3v) is 8.66. The molecule has 13 heteroatoms. The number of nitrogens with zero attached hydrogens (tertiary/aromatic N) is 6. The molecule has 3 heterocycles. The molecule has 196 valence electrons. The van der Waals surface area contributed by atoms with E-state index in [4.69, 9.17) is 14.5 Å². The summed E-state index contributed by atoms with van der Waals surface area (Å²) in [4.78, 5) is 12.5. The van der Waals surface area contributed by atoms with E-state index in [2.05, 4.69) is 20.2 Å². The van der Waals surface area contributed by atoms with Crippen LogP contribution < -0.4 is 9.47 Å². The first kappa shape index (κ1) is 26.6. The normalized spacial score (nSPS) is 12.6. The Balaban J connectivity index is 1.80. The van der Waals surface area contributed by atoms with E-state index in [1.165, 1.54) is 25.6 Å². The molecule has 0 amide bonds. The highest BCUT2D eigenvalue weighted by Crippen LogP contribution is 2.37. The molecule has 0 aliphatic rings. The number of thiazole rings is 1. The van der Waals surface area contributed by atoms with Gasteiger partial charge in [-0.15, -0.1) is 21.5 Å². The Morgan fingerprint density at radius 1 is 1.05 bits per heavy atom. The van der Waals surface area contributed by atoms with Gasteiger partial charge in [0.1, 0.15) is 28.8 Å². The maximum atomic E-state index is 13.4. The maximum absolute atomic E-state index is 13.4. The van der Waals surface area contributed by atoms with Gasteiger partial charge in [0.05, 0.1) is 37.6 Å². The number of halogens is 1. The lowest BCUT2D eigenvalue weighted by molar-refractivity contribution is 0.391. The zero-order valence-electron chi connectivity index (χ0n) is 21.0. The van der Waals surface area contributed by atoms with Crippen molar-refractivity contribution in [2.24, 2.45) is 0 Å². The van der Waals surface area contributed by atoms with Crippen LogP contribution in [0.1, 0.15) is 44.0 Å². The molecule has 0 aliphatic carbocycles. The van der Waals surface area contributed by atoms with Crippen molar-refractivity contribution in [2.45, 2.75) is 44.1 Å². The summed E-state index contributed by atoms with van der Waals surface area (Å²) in [6.07, 6.45) is 2.04. The third kappa shape index (κ3) is 5.62. The van der Waals surface area contributed by atoms with Crippen LogP contribution in [0.2, 0.25) is 0 Å². The molecule has 0 saturated carbocycles.